The molecule has 1 heterocycles. The first kappa shape index (κ1) is 15.8. The molecule has 0 amide bonds. The minimum Gasteiger partial charge on any atom is -0.491 e. The molecule has 0 aliphatic heterocycles. The van der Waals surface area contributed by atoms with Crippen LogP contribution < -0.4 is 9.47 Å². The first-order valence-corrected chi connectivity index (χ1v) is 8.00. The fourth-order valence-corrected chi connectivity index (χ4v) is 2.62. The molecule has 0 fully saturated rings. The first-order chi connectivity index (χ1) is 11.3. The van der Waals surface area contributed by atoms with Crippen molar-refractivity contribution in [2.24, 2.45) is 0 Å². The molecule has 0 aliphatic rings. The normalized spacial score (nSPS) is 10.7. The molecule has 0 unspecified atom stereocenters. The van der Waals surface area contributed by atoms with Crippen molar-refractivity contribution in [3.63, 3.8) is 0 Å². The summed E-state index contributed by atoms with van der Waals surface area (Å²) in [6.07, 6.45) is 1.77. The second-order valence-corrected chi connectivity index (χ2v) is 5.72. The van der Waals surface area contributed by atoms with Crippen molar-refractivity contribution in [2.45, 2.75) is 0 Å². The van der Waals surface area contributed by atoms with Gasteiger partial charge in [-0.3, -0.25) is 4.98 Å². The Balaban J connectivity index is 1.82. The van der Waals surface area contributed by atoms with Crippen LogP contribution in [0.5, 0.6) is 17.2 Å². The van der Waals surface area contributed by atoms with E-state index in [-0.39, 0.29) is 0 Å². The monoisotopic (exact) mass is 373 g/mol. The largest absolute Gasteiger partial charge is 0.491 e. The van der Waals surface area contributed by atoms with E-state index < -0.39 is 0 Å². The van der Waals surface area contributed by atoms with Gasteiger partial charge in [-0.2, -0.15) is 0 Å². The first-order valence-electron chi connectivity index (χ1n) is 7.21. The molecule has 2 aromatic carbocycles. The zero-order valence-electron chi connectivity index (χ0n) is 12.7. The molecule has 4 nitrogen and oxygen atoms in total. The number of ether oxygens (including phenoxy) is 3. The lowest BCUT2D eigenvalue weighted by molar-refractivity contribution is 0.146. The van der Waals surface area contributed by atoms with Gasteiger partial charge in [0.15, 0.2) is 0 Å². The summed E-state index contributed by atoms with van der Waals surface area (Å²) in [5, 5.41) is 0.974. The molecular weight excluding hydrogens is 358 g/mol. The molecule has 23 heavy (non-hydrogen) atoms. The number of hydrogen-bond acceptors (Lipinski definition) is 4. The van der Waals surface area contributed by atoms with Gasteiger partial charge in [0.1, 0.15) is 23.9 Å². The fourth-order valence-electron chi connectivity index (χ4n) is 2.18. The summed E-state index contributed by atoms with van der Waals surface area (Å²) in [5.74, 6) is 2.26. The molecule has 0 radical (unpaired) electrons. The third-order valence-electron chi connectivity index (χ3n) is 3.29. The number of rotatable bonds is 6. The quantitative estimate of drug-likeness (QED) is 0.581. The van der Waals surface area contributed by atoms with Gasteiger partial charge in [0, 0.05) is 18.7 Å². The number of methoxy groups -OCH3 is 1. The summed E-state index contributed by atoms with van der Waals surface area (Å²) in [6.45, 7) is 1.07. The number of aromatic nitrogens is 1. The lowest BCUT2D eigenvalue weighted by atomic mass is 10.2. The van der Waals surface area contributed by atoms with E-state index >= 15 is 0 Å². The third kappa shape index (κ3) is 3.81. The standard InChI is InChI=1S/C18H16BrNO3/c1-21-10-11-22-13-7-8-18(15(19)12-13)23-17-6-2-5-16-14(17)4-3-9-20-16/h2-9,12H,10-11H2,1H3. The summed E-state index contributed by atoms with van der Waals surface area (Å²) < 4.78 is 17.4. The molecule has 0 saturated heterocycles. The molecule has 5 heteroatoms. The highest BCUT2D eigenvalue weighted by Gasteiger charge is 2.08. The Labute approximate surface area is 143 Å². The van der Waals surface area contributed by atoms with Crippen LogP contribution in [-0.4, -0.2) is 25.3 Å². The average Bonchev–Trinajstić information content (AvgIpc) is 2.58. The highest BCUT2D eigenvalue weighted by atomic mass is 79.9. The van der Waals surface area contributed by atoms with E-state index in [4.69, 9.17) is 14.2 Å². The van der Waals surface area contributed by atoms with Crippen LogP contribution in [0.1, 0.15) is 0 Å². The Hall–Kier alpha value is -2.11. The van der Waals surface area contributed by atoms with Crippen LogP contribution in [0.3, 0.4) is 0 Å². The van der Waals surface area contributed by atoms with Crippen LogP contribution in [0.15, 0.2) is 59.2 Å². The lowest BCUT2D eigenvalue weighted by Gasteiger charge is -2.12. The maximum atomic E-state index is 6.04. The number of hydrogen-bond donors (Lipinski definition) is 0. The van der Waals surface area contributed by atoms with Gasteiger partial charge in [-0.1, -0.05) is 6.07 Å². The van der Waals surface area contributed by atoms with Crippen LogP contribution in [-0.2, 0) is 4.74 Å². The molecule has 0 saturated carbocycles. The zero-order valence-corrected chi connectivity index (χ0v) is 14.2. The van der Waals surface area contributed by atoms with Crippen molar-refractivity contribution in [2.75, 3.05) is 20.3 Å². The predicted molar refractivity (Wildman–Crippen MR) is 93.3 cm³/mol. The van der Waals surface area contributed by atoms with Crippen molar-refractivity contribution >= 4 is 26.8 Å². The van der Waals surface area contributed by atoms with E-state index in [1.54, 1.807) is 13.3 Å². The minimum absolute atomic E-state index is 0.512. The van der Waals surface area contributed by atoms with Gasteiger partial charge in [0.25, 0.3) is 0 Å². The maximum Gasteiger partial charge on any atom is 0.141 e. The summed E-state index contributed by atoms with van der Waals surface area (Å²) in [7, 11) is 1.65. The molecule has 118 valence electrons. The lowest BCUT2D eigenvalue weighted by Crippen LogP contribution is -2.04. The van der Waals surface area contributed by atoms with Crippen molar-refractivity contribution in [3.05, 3.63) is 59.2 Å². The number of nitrogens with zero attached hydrogens (tertiary/aromatic N) is 1. The third-order valence-corrected chi connectivity index (χ3v) is 3.90. The summed E-state index contributed by atoms with van der Waals surface area (Å²) >= 11 is 3.53. The molecular formula is C18H16BrNO3. The fraction of sp³-hybridized carbons (Fsp3) is 0.167. The molecule has 0 bridgehead atoms. The van der Waals surface area contributed by atoms with Gasteiger partial charge in [0.05, 0.1) is 16.6 Å². The van der Waals surface area contributed by atoms with Crippen LogP contribution in [0.4, 0.5) is 0 Å². The number of benzene rings is 2. The predicted octanol–water partition coefficient (Wildman–Crippen LogP) is 4.81. The minimum atomic E-state index is 0.512. The van der Waals surface area contributed by atoms with Crippen molar-refractivity contribution in [1.82, 2.24) is 4.98 Å². The summed E-state index contributed by atoms with van der Waals surface area (Å²) in [5.41, 5.74) is 0.903. The second-order valence-electron chi connectivity index (χ2n) is 4.86. The molecule has 1 aromatic heterocycles. The molecule has 0 atom stereocenters. The summed E-state index contributed by atoms with van der Waals surface area (Å²) in [4.78, 5) is 4.34. The van der Waals surface area contributed by atoms with Crippen molar-refractivity contribution in [1.29, 1.82) is 0 Å². The van der Waals surface area contributed by atoms with Crippen molar-refractivity contribution < 1.29 is 14.2 Å². The van der Waals surface area contributed by atoms with Crippen LogP contribution >= 0.6 is 15.9 Å². The second kappa shape index (κ2) is 7.44. The van der Waals surface area contributed by atoms with Gasteiger partial charge in [-0.05, 0) is 58.4 Å². The van der Waals surface area contributed by atoms with E-state index in [9.17, 15) is 0 Å². The molecule has 0 N–H and O–H groups in total. The maximum absolute atomic E-state index is 6.04. The number of pyridine rings is 1. The van der Waals surface area contributed by atoms with Gasteiger partial charge in [0.2, 0.25) is 0 Å². The van der Waals surface area contributed by atoms with Gasteiger partial charge in [-0.15, -0.1) is 0 Å². The smallest absolute Gasteiger partial charge is 0.141 e. The van der Waals surface area contributed by atoms with E-state index in [1.165, 1.54) is 0 Å². The van der Waals surface area contributed by atoms with E-state index in [2.05, 4.69) is 20.9 Å². The molecule has 0 spiro atoms. The van der Waals surface area contributed by atoms with Crippen molar-refractivity contribution in [3.8, 4) is 17.2 Å². The van der Waals surface area contributed by atoms with Gasteiger partial charge in [-0.25, -0.2) is 0 Å². The Morgan fingerprint density at radius 2 is 1.91 bits per heavy atom. The molecule has 0 aliphatic carbocycles. The summed E-state index contributed by atoms with van der Waals surface area (Å²) in [6, 6.07) is 15.4. The zero-order chi connectivity index (χ0) is 16.1. The topological polar surface area (TPSA) is 40.6 Å². The SMILES string of the molecule is COCCOc1ccc(Oc2cccc3ncccc23)c(Br)c1. The highest BCUT2D eigenvalue weighted by molar-refractivity contribution is 9.10. The highest BCUT2D eigenvalue weighted by Crippen LogP contribution is 2.35. The Morgan fingerprint density at radius 1 is 1.00 bits per heavy atom. The Bertz CT molecular complexity index is 802. The van der Waals surface area contributed by atoms with E-state index in [1.807, 2.05) is 48.5 Å². The average molecular weight is 374 g/mol. The van der Waals surface area contributed by atoms with Gasteiger partial charge >= 0.3 is 0 Å². The van der Waals surface area contributed by atoms with Crippen LogP contribution in [0, 0.1) is 0 Å². The van der Waals surface area contributed by atoms with E-state index in [0.717, 1.165) is 32.6 Å². The van der Waals surface area contributed by atoms with Gasteiger partial charge < -0.3 is 14.2 Å². The number of halogens is 1. The Morgan fingerprint density at radius 3 is 2.74 bits per heavy atom. The van der Waals surface area contributed by atoms with Crippen LogP contribution in [0.25, 0.3) is 10.9 Å². The molecule has 3 aromatic rings. The molecule has 3 rings (SSSR count). The number of fused-ring (bicyclic) bond motifs is 1. The van der Waals surface area contributed by atoms with E-state index in [0.29, 0.717) is 13.2 Å². The van der Waals surface area contributed by atoms with Crippen LogP contribution in [0.2, 0.25) is 0 Å². The Kier molecular flexibility index (Phi) is 5.10.